The summed E-state index contributed by atoms with van der Waals surface area (Å²) >= 11 is 0. The number of guanidine groups is 1. The molecule has 0 atom stereocenters. The molecule has 1 aromatic carbocycles. The van der Waals surface area contributed by atoms with Crippen LogP contribution in [-0.4, -0.2) is 74.4 Å². The number of methoxy groups -OCH3 is 3. The highest BCUT2D eigenvalue weighted by molar-refractivity contribution is 5.80. The molecule has 1 aromatic heterocycles. The van der Waals surface area contributed by atoms with Gasteiger partial charge in [0.25, 0.3) is 0 Å². The lowest BCUT2D eigenvalue weighted by molar-refractivity contribution is 0.172. The topological polar surface area (TPSA) is 63.5 Å². The number of aryl methyl sites for hydroxylation is 1. The molecular weight excluding hydrogens is 394 g/mol. The maximum atomic E-state index is 5.49. The van der Waals surface area contributed by atoms with Crippen molar-refractivity contribution in [2.75, 3.05) is 54.1 Å². The summed E-state index contributed by atoms with van der Waals surface area (Å²) in [5.74, 6) is 3.00. The first-order valence-corrected chi connectivity index (χ1v) is 10.7. The number of aliphatic imine (C=N–C) groups is 1. The molecule has 1 aliphatic rings. The summed E-state index contributed by atoms with van der Waals surface area (Å²) in [5, 5.41) is 3.44. The van der Waals surface area contributed by atoms with Crippen LogP contribution in [0.3, 0.4) is 0 Å². The Hall–Kier alpha value is -2.87. The van der Waals surface area contributed by atoms with E-state index in [2.05, 4.69) is 45.1 Å². The fraction of sp³-hybridized carbons (Fsp3) is 0.522. The van der Waals surface area contributed by atoms with Gasteiger partial charge >= 0.3 is 0 Å². The minimum absolute atomic E-state index is 0.628. The van der Waals surface area contributed by atoms with Crippen LogP contribution in [0.25, 0.3) is 0 Å². The minimum Gasteiger partial charge on any atom is -0.493 e. The van der Waals surface area contributed by atoms with Crippen LogP contribution >= 0.6 is 0 Å². The molecule has 1 aliphatic heterocycles. The highest BCUT2D eigenvalue weighted by atomic mass is 16.5. The summed E-state index contributed by atoms with van der Waals surface area (Å²) in [7, 11) is 6.96. The first kappa shape index (κ1) is 22.8. The smallest absolute Gasteiger partial charge is 0.203 e. The van der Waals surface area contributed by atoms with Gasteiger partial charge < -0.3 is 29.0 Å². The third kappa shape index (κ3) is 5.85. The molecule has 0 aliphatic carbocycles. The molecule has 8 heteroatoms. The quantitative estimate of drug-likeness (QED) is 0.513. The average molecular weight is 430 g/mol. The Morgan fingerprint density at radius 3 is 2.19 bits per heavy atom. The van der Waals surface area contributed by atoms with Gasteiger partial charge in [0.15, 0.2) is 17.5 Å². The summed E-state index contributed by atoms with van der Waals surface area (Å²) < 4.78 is 18.5. The number of nitrogens with zero attached hydrogens (tertiary/aromatic N) is 4. The second kappa shape index (κ2) is 10.9. The molecule has 2 aromatic rings. The molecule has 3 rings (SSSR count). The molecule has 31 heavy (non-hydrogen) atoms. The fourth-order valence-electron chi connectivity index (χ4n) is 3.85. The Morgan fingerprint density at radius 2 is 1.68 bits per heavy atom. The lowest BCUT2D eigenvalue weighted by atomic mass is 10.1. The third-order valence-corrected chi connectivity index (χ3v) is 5.44. The van der Waals surface area contributed by atoms with E-state index in [1.54, 1.807) is 21.3 Å². The molecule has 0 radical (unpaired) electrons. The van der Waals surface area contributed by atoms with Crippen LogP contribution in [-0.2, 0) is 20.1 Å². The molecule has 1 saturated heterocycles. The first-order chi connectivity index (χ1) is 15.1. The summed E-state index contributed by atoms with van der Waals surface area (Å²) in [6.45, 7) is 8.30. The predicted molar refractivity (Wildman–Crippen MR) is 123 cm³/mol. The lowest BCUT2D eigenvalue weighted by Crippen LogP contribution is -2.52. The molecule has 2 heterocycles. The standard InChI is InChI=1S/C23H35N5O3/c1-6-24-23(25-15-18-7-8-26(2)16-18)28-11-9-27(10-12-28)17-19-13-20(29-3)22(31-5)21(14-19)30-4/h7-8,13-14,16H,6,9-12,15,17H2,1-5H3,(H,24,25). The van der Waals surface area contributed by atoms with E-state index in [1.807, 2.05) is 19.2 Å². The van der Waals surface area contributed by atoms with E-state index >= 15 is 0 Å². The zero-order valence-corrected chi connectivity index (χ0v) is 19.4. The number of benzene rings is 1. The van der Waals surface area contributed by atoms with E-state index in [-0.39, 0.29) is 0 Å². The largest absolute Gasteiger partial charge is 0.493 e. The van der Waals surface area contributed by atoms with E-state index in [0.717, 1.165) is 50.8 Å². The number of rotatable bonds is 8. The van der Waals surface area contributed by atoms with Crippen LogP contribution in [0.5, 0.6) is 17.2 Å². The molecule has 170 valence electrons. The third-order valence-electron chi connectivity index (χ3n) is 5.44. The normalized spacial score (nSPS) is 15.1. The highest BCUT2D eigenvalue weighted by Gasteiger charge is 2.21. The maximum absolute atomic E-state index is 5.49. The zero-order chi connectivity index (χ0) is 22.2. The van der Waals surface area contributed by atoms with Gasteiger partial charge in [-0.3, -0.25) is 4.90 Å². The molecule has 8 nitrogen and oxygen atoms in total. The zero-order valence-electron chi connectivity index (χ0n) is 19.4. The molecular formula is C23H35N5O3. The molecule has 0 unspecified atom stereocenters. The van der Waals surface area contributed by atoms with Crippen LogP contribution in [0.1, 0.15) is 18.1 Å². The van der Waals surface area contributed by atoms with Crippen molar-refractivity contribution in [1.29, 1.82) is 0 Å². The lowest BCUT2D eigenvalue weighted by Gasteiger charge is -2.36. The Kier molecular flexibility index (Phi) is 8.06. The van der Waals surface area contributed by atoms with E-state index in [4.69, 9.17) is 19.2 Å². The van der Waals surface area contributed by atoms with Crippen LogP contribution in [0.2, 0.25) is 0 Å². The second-order valence-corrected chi connectivity index (χ2v) is 7.65. The number of piperazine rings is 1. The van der Waals surface area contributed by atoms with E-state index in [0.29, 0.717) is 23.8 Å². The molecule has 1 N–H and O–H groups in total. The van der Waals surface area contributed by atoms with Gasteiger partial charge in [0.2, 0.25) is 5.75 Å². The summed E-state index contributed by atoms with van der Waals surface area (Å²) in [6, 6.07) is 6.17. The van der Waals surface area contributed by atoms with E-state index in [1.165, 1.54) is 5.56 Å². The first-order valence-electron chi connectivity index (χ1n) is 10.7. The molecule has 0 saturated carbocycles. The highest BCUT2D eigenvalue weighted by Crippen LogP contribution is 2.38. The Morgan fingerprint density at radius 1 is 1.00 bits per heavy atom. The summed E-state index contributed by atoms with van der Waals surface area (Å²) in [6.07, 6.45) is 4.17. The van der Waals surface area contributed by atoms with Crippen molar-refractivity contribution in [3.8, 4) is 17.2 Å². The Bertz CT molecular complexity index is 847. The van der Waals surface area contributed by atoms with Gasteiger partial charge in [0, 0.05) is 58.7 Å². The number of hydrogen-bond donors (Lipinski definition) is 1. The van der Waals surface area contributed by atoms with Crippen LogP contribution in [0.15, 0.2) is 35.6 Å². The number of nitrogens with one attached hydrogen (secondary N) is 1. The Balaban J connectivity index is 1.61. The van der Waals surface area contributed by atoms with Crippen molar-refractivity contribution in [3.05, 3.63) is 41.7 Å². The Labute approximate surface area is 185 Å². The van der Waals surface area contributed by atoms with Gasteiger partial charge in [-0.15, -0.1) is 0 Å². The summed E-state index contributed by atoms with van der Waals surface area (Å²) in [5.41, 5.74) is 2.37. The minimum atomic E-state index is 0.628. The van der Waals surface area contributed by atoms with E-state index < -0.39 is 0 Å². The van der Waals surface area contributed by atoms with Crippen molar-refractivity contribution < 1.29 is 14.2 Å². The summed E-state index contributed by atoms with van der Waals surface area (Å²) in [4.78, 5) is 9.63. The monoisotopic (exact) mass is 429 g/mol. The maximum Gasteiger partial charge on any atom is 0.203 e. The molecule has 0 spiro atoms. The average Bonchev–Trinajstić information content (AvgIpc) is 3.21. The molecule has 0 amide bonds. The van der Waals surface area contributed by atoms with Gasteiger partial charge in [-0.1, -0.05) is 0 Å². The van der Waals surface area contributed by atoms with Crippen molar-refractivity contribution in [1.82, 2.24) is 19.7 Å². The SMILES string of the molecule is CCNC(=NCc1ccn(C)c1)N1CCN(Cc2cc(OC)c(OC)c(OC)c2)CC1. The molecule has 0 bridgehead atoms. The van der Waals surface area contributed by atoms with Gasteiger partial charge in [0.1, 0.15) is 0 Å². The van der Waals surface area contributed by atoms with Crippen molar-refractivity contribution in [2.24, 2.45) is 12.0 Å². The van der Waals surface area contributed by atoms with E-state index in [9.17, 15) is 0 Å². The van der Waals surface area contributed by atoms with Crippen LogP contribution in [0, 0.1) is 0 Å². The number of aromatic nitrogens is 1. The number of hydrogen-bond acceptors (Lipinski definition) is 5. The van der Waals surface area contributed by atoms with Gasteiger partial charge in [0.05, 0.1) is 27.9 Å². The number of ether oxygens (including phenoxy) is 3. The fourth-order valence-corrected chi connectivity index (χ4v) is 3.85. The van der Waals surface area contributed by atoms with Gasteiger partial charge in [-0.05, 0) is 36.2 Å². The molecule has 1 fully saturated rings. The van der Waals surface area contributed by atoms with Crippen LogP contribution < -0.4 is 19.5 Å². The van der Waals surface area contributed by atoms with Crippen molar-refractivity contribution >= 4 is 5.96 Å². The predicted octanol–water partition coefficient (Wildman–Crippen LogP) is 2.33. The van der Waals surface area contributed by atoms with Gasteiger partial charge in [-0.2, -0.15) is 0 Å². The van der Waals surface area contributed by atoms with Crippen LogP contribution in [0.4, 0.5) is 0 Å². The van der Waals surface area contributed by atoms with Crippen molar-refractivity contribution in [3.63, 3.8) is 0 Å². The van der Waals surface area contributed by atoms with Gasteiger partial charge in [-0.25, -0.2) is 4.99 Å². The second-order valence-electron chi connectivity index (χ2n) is 7.65. The van der Waals surface area contributed by atoms with Crippen molar-refractivity contribution in [2.45, 2.75) is 20.0 Å².